The number of hydrogen-bond donors (Lipinski definition) is 0. The summed E-state index contributed by atoms with van der Waals surface area (Å²) < 4.78 is 7.27. The van der Waals surface area contributed by atoms with Crippen LogP contribution in [0.2, 0.25) is 0 Å². The van der Waals surface area contributed by atoms with Gasteiger partial charge in [-0.2, -0.15) is 0 Å². The number of aromatic nitrogens is 2. The Balaban J connectivity index is 1.45. The molecule has 8 heteroatoms. The van der Waals surface area contributed by atoms with E-state index in [0.29, 0.717) is 30.0 Å². The zero-order chi connectivity index (χ0) is 20.4. The molecule has 0 saturated carbocycles. The zero-order valence-electron chi connectivity index (χ0n) is 16.5. The van der Waals surface area contributed by atoms with Crippen molar-refractivity contribution in [3.8, 4) is 5.75 Å². The van der Waals surface area contributed by atoms with Crippen molar-refractivity contribution < 1.29 is 14.5 Å². The summed E-state index contributed by atoms with van der Waals surface area (Å²) in [5.41, 5.74) is 2.26. The van der Waals surface area contributed by atoms with Crippen LogP contribution in [-0.2, 0) is 13.5 Å². The Labute approximate surface area is 168 Å². The van der Waals surface area contributed by atoms with Gasteiger partial charge >= 0.3 is 5.82 Å². The van der Waals surface area contributed by atoms with E-state index in [9.17, 15) is 14.9 Å². The van der Waals surface area contributed by atoms with Crippen molar-refractivity contribution in [1.29, 1.82) is 0 Å². The number of rotatable bonds is 6. The van der Waals surface area contributed by atoms with Crippen LogP contribution in [0, 0.1) is 10.1 Å². The molecule has 0 amide bonds. The maximum Gasteiger partial charge on any atom is 0.342 e. The maximum absolute atomic E-state index is 12.9. The van der Waals surface area contributed by atoms with Crippen LogP contribution in [0.15, 0.2) is 30.0 Å². The quantitative estimate of drug-likeness (QED) is 0.424. The lowest BCUT2D eigenvalue weighted by Gasteiger charge is -2.19. The minimum atomic E-state index is -0.488. The van der Waals surface area contributed by atoms with E-state index in [4.69, 9.17) is 4.74 Å². The first-order valence-corrected chi connectivity index (χ1v) is 9.92. The third-order valence-corrected chi connectivity index (χ3v) is 5.64. The maximum atomic E-state index is 12.9. The molecule has 152 valence electrons. The fraction of sp³-hybridized carbons (Fsp3) is 0.429. The first kappa shape index (κ1) is 19.3. The van der Waals surface area contributed by atoms with Gasteiger partial charge in [0.25, 0.3) is 0 Å². The van der Waals surface area contributed by atoms with Crippen molar-refractivity contribution >= 4 is 17.7 Å². The van der Waals surface area contributed by atoms with Gasteiger partial charge in [-0.05, 0) is 67.5 Å². The number of fused-ring (bicyclic) bond motifs is 1. The number of likely N-dealkylation sites (tertiary alicyclic amines) is 1. The van der Waals surface area contributed by atoms with Gasteiger partial charge in [-0.1, -0.05) is 0 Å². The monoisotopic (exact) mass is 396 g/mol. The molecule has 0 N–H and O–H groups in total. The highest BCUT2D eigenvalue weighted by atomic mass is 16.6. The van der Waals surface area contributed by atoms with Crippen LogP contribution in [-0.4, -0.2) is 51.4 Å². The van der Waals surface area contributed by atoms with Crippen LogP contribution in [0.1, 0.15) is 41.0 Å². The summed E-state index contributed by atoms with van der Waals surface area (Å²) in [5.74, 6) is 1.05. The number of carbonyl (C=O) groups excluding carboxylic acids is 1. The lowest BCUT2D eigenvalue weighted by Crippen LogP contribution is -2.25. The predicted octanol–water partition coefficient (Wildman–Crippen LogP) is 3.02. The molecule has 2 aliphatic rings. The Morgan fingerprint density at radius 3 is 2.79 bits per heavy atom. The van der Waals surface area contributed by atoms with Gasteiger partial charge in [-0.15, -0.1) is 0 Å². The molecule has 1 aliphatic heterocycles. The molecule has 2 aromatic rings. The Hall–Kier alpha value is -3.00. The number of aryl methyl sites for hydroxylation is 1. The summed E-state index contributed by atoms with van der Waals surface area (Å²) in [4.78, 5) is 29.9. The van der Waals surface area contributed by atoms with Crippen molar-refractivity contribution in [3.05, 3.63) is 57.0 Å². The standard InChI is InChI=1S/C21H24N4O4/c1-23-19(22-14-20(23)25(27)28)13-16-5-4-15-12-17(6-7-18(15)21(16)26)29-11-10-24-8-2-3-9-24/h6-7,12-14H,2-5,8-11H2,1H3. The Bertz CT molecular complexity index is 973. The van der Waals surface area contributed by atoms with Gasteiger partial charge in [0.2, 0.25) is 5.82 Å². The van der Waals surface area contributed by atoms with Gasteiger partial charge in [-0.3, -0.25) is 9.69 Å². The molecule has 8 nitrogen and oxygen atoms in total. The average molecular weight is 396 g/mol. The summed E-state index contributed by atoms with van der Waals surface area (Å²) in [6, 6.07) is 5.62. The topological polar surface area (TPSA) is 90.5 Å². The summed E-state index contributed by atoms with van der Waals surface area (Å²) in [6.45, 7) is 3.88. The van der Waals surface area contributed by atoms with Gasteiger partial charge in [0.1, 0.15) is 18.6 Å². The molecule has 29 heavy (non-hydrogen) atoms. The number of ether oxygens (including phenoxy) is 1. The van der Waals surface area contributed by atoms with Crippen LogP contribution in [0.3, 0.4) is 0 Å². The average Bonchev–Trinajstić information content (AvgIpc) is 3.34. The summed E-state index contributed by atoms with van der Waals surface area (Å²) >= 11 is 0. The molecule has 0 unspecified atom stereocenters. The molecule has 1 aromatic heterocycles. The first-order chi connectivity index (χ1) is 14.0. The van der Waals surface area contributed by atoms with Gasteiger partial charge in [0, 0.05) is 23.8 Å². The molecule has 0 radical (unpaired) electrons. The fourth-order valence-electron chi connectivity index (χ4n) is 3.95. The van der Waals surface area contributed by atoms with Crippen LogP contribution >= 0.6 is 0 Å². The number of imidazole rings is 1. The van der Waals surface area contributed by atoms with E-state index < -0.39 is 4.92 Å². The summed E-state index contributed by atoms with van der Waals surface area (Å²) in [7, 11) is 1.57. The van der Waals surface area contributed by atoms with Crippen molar-refractivity contribution in [2.24, 2.45) is 7.05 Å². The molecule has 1 saturated heterocycles. The first-order valence-electron chi connectivity index (χ1n) is 9.92. The van der Waals surface area contributed by atoms with E-state index in [1.54, 1.807) is 13.1 Å². The number of nitrogens with zero attached hydrogens (tertiary/aromatic N) is 4. The molecule has 1 aromatic carbocycles. The van der Waals surface area contributed by atoms with Crippen LogP contribution in [0.4, 0.5) is 5.82 Å². The van der Waals surface area contributed by atoms with Crippen LogP contribution in [0.25, 0.3) is 6.08 Å². The molecular weight excluding hydrogens is 372 g/mol. The number of allylic oxidation sites excluding steroid dienone is 1. The minimum absolute atomic E-state index is 0.0551. The number of Topliss-reactive ketones (excluding diaryl/α,β-unsaturated/α-hetero) is 1. The van der Waals surface area contributed by atoms with E-state index in [1.165, 1.54) is 23.6 Å². The predicted molar refractivity (Wildman–Crippen MR) is 108 cm³/mol. The second-order valence-electron chi connectivity index (χ2n) is 7.51. The largest absolute Gasteiger partial charge is 0.492 e. The molecule has 0 atom stereocenters. The summed E-state index contributed by atoms with van der Waals surface area (Å²) in [5, 5.41) is 11.0. The van der Waals surface area contributed by atoms with E-state index in [-0.39, 0.29) is 11.6 Å². The molecule has 2 heterocycles. The Morgan fingerprint density at radius 1 is 1.28 bits per heavy atom. The van der Waals surface area contributed by atoms with Crippen LogP contribution < -0.4 is 4.74 Å². The third kappa shape index (κ3) is 4.07. The number of hydrogen-bond acceptors (Lipinski definition) is 6. The highest BCUT2D eigenvalue weighted by Gasteiger charge is 2.24. The third-order valence-electron chi connectivity index (χ3n) is 5.64. The number of ketones is 1. The molecule has 0 spiro atoms. The summed E-state index contributed by atoms with van der Waals surface area (Å²) in [6.07, 6.45) is 6.69. The number of carbonyl (C=O) groups is 1. The fourth-order valence-corrected chi connectivity index (χ4v) is 3.95. The molecular formula is C21H24N4O4. The smallest absolute Gasteiger partial charge is 0.342 e. The van der Waals surface area contributed by atoms with Gasteiger partial charge in [0.05, 0.1) is 7.05 Å². The van der Waals surface area contributed by atoms with Gasteiger partial charge < -0.3 is 14.9 Å². The second-order valence-corrected chi connectivity index (χ2v) is 7.51. The van der Waals surface area contributed by atoms with E-state index in [1.807, 2.05) is 18.2 Å². The number of benzene rings is 1. The Kier molecular flexibility index (Phi) is 5.44. The van der Waals surface area contributed by atoms with Crippen molar-refractivity contribution in [3.63, 3.8) is 0 Å². The highest BCUT2D eigenvalue weighted by Crippen LogP contribution is 2.29. The van der Waals surface area contributed by atoms with E-state index in [2.05, 4.69) is 9.88 Å². The molecule has 1 aliphatic carbocycles. The van der Waals surface area contributed by atoms with E-state index in [0.717, 1.165) is 37.4 Å². The molecule has 1 fully saturated rings. The molecule has 4 rings (SSSR count). The van der Waals surface area contributed by atoms with Gasteiger partial charge in [-0.25, -0.2) is 9.55 Å². The second kappa shape index (κ2) is 8.16. The zero-order valence-corrected chi connectivity index (χ0v) is 16.5. The van der Waals surface area contributed by atoms with Crippen molar-refractivity contribution in [1.82, 2.24) is 14.5 Å². The lowest BCUT2D eigenvalue weighted by molar-refractivity contribution is -0.391. The normalized spacial score (nSPS) is 18.2. The molecule has 0 bridgehead atoms. The lowest BCUT2D eigenvalue weighted by atomic mass is 9.86. The van der Waals surface area contributed by atoms with Gasteiger partial charge in [0.15, 0.2) is 5.78 Å². The SMILES string of the molecule is Cn1c([N+](=O)[O-])cnc1C=C1CCc2cc(OCCN3CCCC3)ccc2C1=O. The van der Waals surface area contributed by atoms with Crippen molar-refractivity contribution in [2.45, 2.75) is 25.7 Å². The van der Waals surface area contributed by atoms with Crippen molar-refractivity contribution in [2.75, 3.05) is 26.2 Å². The van der Waals surface area contributed by atoms with Crippen LogP contribution in [0.5, 0.6) is 5.75 Å². The highest BCUT2D eigenvalue weighted by molar-refractivity contribution is 6.13. The minimum Gasteiger partial charge on any atom is -0.492 e. The Morgan fingerprint density at radius 2 is 2.07 bits per heavy atom. The van der Waals surface area contributed by atoms with E-state index >= 15 is 0 Å². The number of nitro groups is 1.